The molecule has 0 aliphatic carbocycles. The second-order valence-electron chi connectivity index (χ2n) is 9.02. The molecule has 178 valence electrons. The largest absolute Gasteiger partial charge is 0.467 e. The summed E-state index contributed by atoms with van der Waals surface area (Å²) in [4.78, 5) is 17.5. The average Bonchev–Trinajstić information content (AvgIpc) is 3.05. The number of rotatable bonds is 3. The maximum atomic E-state index is 14.5. The lowest BCUT2D eigenvalue weighted by Gasteiger charge is -2.47. The van der Waals surface area contributed by atoms with E-state index in [2.05, 4.69) is 58.4 Å². The van der Waals surface area contributed by atoms with E-state index in [0.717, 1.165) is 26.2 Å². The van der Waals surface area contributed by atoms with Crippen molar-refractivity contribution in [1.82, 2.24) is 0 Å². The van der Waals surface area contributed by atoms with Crippen molar-refractivity contribution in [3.05, 3.63) is 136 Å². The van der Waals surface area contributed by atoms with Crippen LogP contribution in [0.15, 0.2) is 124 Å². The molecule has 0 bridgehead atoms. The van der Waals surface area contributed by atoms with E-state index < -0.39 is 5.72 Å². The number of benzene rings is 4. The van der Waals surface area contributed by atoms with E-state index in [-0.39, 0.29) is 11.2 Å². The Labute approximate surface area is 223 Å². The molecule has 0 radical (unpaired) electrons. The van der Waals surface area contributed by atoms with E-state index in [9.17, 15) is 4.79 Å². The standard InChI is InChI=1S/C31H24BrNO2S/c1-21-29(23-10-4-2-5-11-23)30(34)33-26-14-8-9-15-27(26)36-28(22-16-18-25(32)19-17-22)20-31(33,35-21)24-12-6-3-7-13-24/h2-19,28H,20H2,1H3/t28-,31-/m1/s1. The number of hydrogen-bond donors (Lipinski definition) is 0. The first-order valence-corrected chi connectivity index (χ1v) is 13.6. The Morgan fingerprint density at radius 1 is 0.861 bits per heavy atom. The van der Waals surface area contributed by atoms with Gasteiger partial charge in [-0.15, -0.1) is 11.8 Å². The molecule has 6 rings (SSSR count). The van der Waals surface area contributed by atoms with Crippen LogP contribution < -0.4 is 4.90 Å². The molecule has 2 aliphatic rings. The van der Waals surface area contributed by atoms with Crippen LogP contribution in [-0.4, -0.2) is 5.91 Å². The van der Waals surface area contributed by atoms with Crippen LogP contribution in [0.3, 0.4) is 0 Å². The molecule has 0 fully saturated rings. The Hall–Kier alpha value is -3.28. The Morgan fingerprint density at radius 2 is 1.50 bits per heavy atom. The van der Waals surface area contributed by atoms with Crippen molar-refractivity contribution in [3.63, 3.8) is 0 Å². The van der Waals surface area contributed by atoms with Gasteiger partial charge >= 0.3 is 0 Å². The normalized spacial score (nSPS) is 21.3. The third-order valence-electron chi connectivity index (χ3n) is 6.82. The second-order valence-corrected chi connectivity index (χ2v) is 11.2. The fraction of sp³-hybridized carbons (Fsp3) is 0.129. The number of para-hydroxylation sites is 1. The van der Waals surface area contributed by atoms with Gasteiger partial charge in [0.05, 0.1) is 11.3 Å². The Balaban J connectivity index is 1.61. The van der Waals surface area contributed by atoms with Gasteiger partial charge in [0.15, 0.2) is 0 Å². The number of amides is 1. The van der Waals surface area contributed by atoms with Gasteiger partial charge in [-0.3, -0.25) is 9.69 Å². The lowest BCUT2D eigenvalue weighted by molar-refractivity contribution is -0.123. The van der Waals surface area contributed by atoms with Crippen molar-refractivity contribution in [1.29, 1.82) is 0 Å². The van der Waals surface area contributed by atoms with Crippen LogP contribution >= 0.6 is 27.7 Å². The van der Waals surface area contributed by atoms with Gasteiger partial charge in [0, 0.05) is 26.6 Å². The van der Waals surface area contributed by atoms with Crippen LogP contribution in [0.25, 0.3) is 5.57 Å². The van der Waals surface area contributed by atoms with Gasteiger partial charge in [-0.1, -0.05) is 101 Å². The summed E-state index contributed by atoms with van der Waals surface area (Å²) in [6, 6.07) is 36.6. The molecule has 4 aromatic rings. The van der Waals surface area contributed by atoms with Gasteiger partial charge in [-0.2, -0.15) is 0 Å². The van der Waals surface area contributed by atoms with E-state index in [1.54, 1.807) is 11.8 Å². The molecule has 1 amide bonds. The minimum atomic E-state index is -0.988. The highest BCUT2D eigenvalue weighted by Crippen LogP contribution is 2.56. The van der Waals surface area contributed by atoms with Crippen molar-refractivity contribution in [2.24, 2.45) is 0 Å². The number of carbonyl (C=O) groups is 1. The highest BCUT2D eigenvalue weighted by Gasteiger charge is 2.53. The first kappa shape index (κ1) is 23.1. The van der Waals surface area contributed by atoms with Crippen molar-refractivity contribution >= 4 is 44.9 Å². The average molecular weight is 555 g/mol. The summed E-state index contributed by atoms with van der Waals surface area (Å²) in [5.41, 5.74) is 3.50. The second kappa shape index (κ2) is 9.30. The summed E-state index contributed by atoms with van der Waals surface area (Å²) in [6.07, 6.45) is 0.600. The molecule has 0 unspecified atom stereocenters. The van der Waals surface area contributed by atoms with E-state index in [1.165, 1.54) is 5.56 Å². The molecule has 0 N–H and O–H groups in total. The number of allylic oxidation sites excluding steroid dienone is 1. The number of anilines is 1. The zero-order chi connectivity index (χ0) is 24.7. The number of fused-ring (bicyclic) bond motifs is 3. The van der Waals surface area contributed by atoms with Crippen LogP contribution in [0.5, 0.6) is 0 Å². The Morgan fingerprint density at radius 3 is 2.22 bits per heavy atom. The third-order valence-corrected chi connectivity index (χ3v) is 8.67. The number of hydrogen-bond acceptors (Lipinski definition) is 3. The minimum Gasteiger partial charge on any atom is -0.467 e. The first-order valence-electron chi connectivity index (χ1n) is 11.9. The monoisotopic (exact) mass is 553 g/mol. The lowest BCUT2D eigenvalue weighted by Crippen LogP contribution is -2.55. The van der Waals surface area contributed by atoms with E-state index in [4.69, 9.17) is 4.74 Å². The Bertz CT molecular complexity index is 1450. The van der Waals surface area contributed by atoms with Crippen molar-refractivity contribution < 1.29 is 9.53 Å². The summed E-state index contributed by atoms with van der Waals surface area (Å²) in [5.74, 6) is 0.601. The number of halogens is 1. The summed E-state index contributed by atoms with van der Waals surface area (Å²) >= 11 is 5.36. The van der Waals surface area contributed by atoms with Gasteiger partial charge in [0.25, 0.3) is 5.91 Å². The maximum Gasteiger partial charge on any atom is 0.265 e. The lowest BCUT2D eigenvalue weighted by atomic mass is 9.89. The van der Waals surface area contributed by atoms with Gasteiger partial charge in [-0.05, 0) is 42.3 Å². The van der Waals surface area contributed by atoms with Crippen LogP contribution in [0.2, 0.25) is 0 Å². The van der Waals surface area contributed by atoms with Crippen molar-refractivity contribution in [3.8, 4) is 0 Å². The van der Waals surface area contributed by atoms with Gasteiger partial charge < -0.3 is 4.74 Å². The summed E-state index contributed by atoms with van der Waals surface area (Å²) < 4.78 is 8.02. The van der Waals surface area contributed by atoms with Gasteiger partial charge in [-0.25, -0.2) is 0 Å². The van der Waals surface area contributed by atoms with E-state index >= 15 is 0 Å². The van der Waals surface area contributed by atoms with Crippen LogP contribution in [0.1, 0.15) is 35.3 Å². The van der Waals surface area contributed by atoms with Crippen molar-refractivity contribution in [2.75, 3.05) is 4.90 Å². The zero-order valence-corrected chi connectivity index (χ0v) is 22.1. The molecule has 5 heteroatoms. The zero-order valence-electron chi connectivity index (χ0n) is 19.7. The number of carbonyl (C=O) groups excluding carboxylic acids is 1. The molecule has 0 saturated carbocycles. The van der Waals surface area contributed by atoms with Gasteiger partial charge in [0.1, 0.15) is 5.76 Å². The molecular formula is C31H24BrNO2S. The molecule has 36 heavy (non-hydrogen) atoms. The van der Waals surface area contributed by atoms with Gasteiger partial charge in [0.2, 0.25) is 5.72 Å². The number of ether oxygens (including phenoxy) is 1. The fourth-order valence-corrected chi connectivity index (χ4v) is 6.81. The molecule has 4 aromatic carbocycles. The van der Waals surface area contributed by atoms with Crippen LogP contribution in [0.4, 0.5) is 5.69 Å². The van der Waals surface area contributed by atoms with Crippen LogP contribution in [0, 0.1) is 0 Å². The molecule has 2 atom stereocenters. The molecule has 3 nitrogen and oxygen atoms in total. The smallest absolute Gasteiger partial charge is 0.265 e. The molecule has 0 aromatic heterocycles. The van der Waals surface area contributed by atoms with E-state index in [1.807, 2.05) is 78.6 Å². The van der Waals surface area contributed by atoms with Crippen LogP contribution in [-0.2, 0) is 15.3 Å². The summed E-state index contributed by atoms with van der Waals surface area (Å²) in [7, 11) is 0. The topological polar surface area (TPSA) is 29.5 Å². The molecular weight excluding hydrogens is 530 g/mol. The number of nitrogens with zero attached hydrogens (tertiary/aromatic N) is 1. The highest BCUT2D eigenvalue weighted by atomic mass is 79.9. The van der Waals surface area contributed by atoms with Crippen molar-refractivity contribution in [2.45, 2.75) is 29.2 Å². The SMILES string of the molecule is CC1=C(c2ccccc2)C(=O)N2c3ccccc3S[C@@H](c3ccc(Br)cc3)C[C@]2(c2ccccc2)O1. The highest BCUT2D eigenvalue weighted by molar-refractivity contribution is 9.10. The third kappa shape index (κ3) is 3.87. The Kier molecular flexibility index (Phi) is 5.98. The summed E-state index contributed by atoms with van der Waals surface area (Å²) in [5, 5.41) is 0.0725. The minimum absolute atomic E-state index is 0.0432. The quantitative estimate of drug-likeness (QED) is 0.255. The molecule has 0 saturated heterocycles. The predicted molar refractivity (Wildman–Crippen MR) is 150 cm³/mol. The molecule has 2 aliphatic heterocycles. The summed E-state index contributed by atoms with van der Waals surface area (Å²) in [6.45, 7) is 1.92. The predicted octanol–water partition coefficient (Wildman–Crippen LogP) is 8.33. The first-order chi connectivity index (χ1) is 17.6. The molecule has 0 spiro atoms. The maximum absolute atomic E-state index is 14.5. The van der Waals surface area contributed by atoms with E-state index in [0.29, 0.717) is 17.8 Å². The number of thioether (sulfide) groups is 1. The fourth-order valence-electron chi connectivity index (χ4n) is 5.20. The molecule has 2 heterocycles.